The van der Waals surface area contributed by atoms with Crippen molar-refractivity contribution in [3.8, 4) is 16.2 Å². The molecule has 0 saturated carbocycles. The molecule has 7 nitrogen and oxygen atoms in total. The van der Waals surface area contributed by atoms with E-state index in [4.69, 9.17) is 16.3 Å². The Morgan fingerprint density at radius 1 is 1.41 bits per heavy atom. The molecule has 1 unspecified atom stereocenters. The Hall–Kier alpha value is -2.97. The first kappa shape index (κ1) is 19.4. The van der Waals surface area contributed by atoms with Crippen LogP contribution in [0, 0.1) is 0 Å². The summed E-state index contributed by atoms with van der Waals surface area (Å²) in [5, 5.41) is 7.22. The number of carbonyl (C=O) groups excluding carboxylic acids is 2. The minimum Gasteiger partial charge on any atom is -0.486 e. The molecule has 2 aromatic heterocycles. The van der Waals surface area contributed by atoms with Crippen LogP contribution in [0.2, 0.25) is 5.02 Å². The SMILES string of the molecule is CC(=O)c1ccc(-c2cc(Cl)c3c(c2)CC(CNC(=O)/C=C/n2cncn2)O3)s1. The second-order valence-corrected chi connectivity index (χ2v) is 8.04. The summed E-state index contributed by atoms with van der Waals surface area (Å²) in [6.45, 7) is 1.91. The van der Waals surface area contributed by atoms with Gasteiger partial charge in [0.2, 0.25) is 5.91 Å². The highest BCUT2D eigenvalue weighted by Gasteiger charge is 2.26. The molecule has 1 aliphatic heterocycles. The fraction of sp³-hybridized carbons (Fsp3) is 0.200. The van der Waals surface area contributed by atoms with Crippen LogP contribution < -0.4 is 10.1 Å². The number of ether oxygens (including phenoxy) is 1. The van der Waals surface area contributed by atoms with E-state index in [1.807, 2.05) is 24.3 Å². The molecule has 1 aliphatic rings. The number of nitrogens with zero attached hydrogens (tertiary/aromatic N) is 3. The van der Waals surface area contributed by atoms with Gasteiger partial charge >= 0.3 is 0 Å². The summed E-state index contributed by atoms with van der Waals surface area (Å²) in [6.07, 6.45) is 6.23. The molecule has 29 heavy (non-hydrogen) atoms. The van der Waals surface area contributed by atoms with E-state index in [0.29, 0.717) is 28.6 Å². The number of thiophene rings is 1. The molecule has 0 radical (unpaired) electrons. The van der Waals surface area contributed by atoms with Crippen molar-refractivity contribution >= 4 is 40.8 Å². The minimum absolute atomic E-state index is 0.0468. The first-order valence-electron chi connectivity index (χ1n) is 8.90. The number of rotatable bonds is 6. The lowest BCUT2D eigenvalue weighted by Gasteiger charge is -2.11. The maximum Gasteiger partial charge on any atom is 0.245 e. The molecule has 0 fully saturated rings. The summed E-state index contributed by atoms with van der Waals surface area (Å²) in [4.78, 5) is 29.0. The van der Waals surface area contributed by atoms with Gasteiger partial charge in [0.25, 0.3) is 0 Å². The predicted octanol–water partition coefficient (Wildman–Crippen LogP) is 3.45. The van der Waals surface area contributed by atoms with Crippen LogP contribution in [0.25, 0.3) is 16.6 Å². The normalized spacial score (nSPS) is 15.3. The standard InChI is InChI=1S/C20H17ClN4O3S/c1-12(26)17-2-3-18(29-17)13-6-14-7-15(28-20(14)16(21)8-13)9-23-19(27)4-5-25-11-22-10-24-25/h2-6,8,10-11,15H,7,9H2,1H3,(H,23,27)/b5-4+. The number of amides is 1. The van der Waals surface area contributed by atoms with Gasteiger partial charge in [0.05, 0.1) is 16.4 Å². The van der Waals surface area contributed by atoms with Gasteiger partial charge < -0.3 is 10.1 Å². The number of halogens is 1. The second-order valence-electron chi connectivity index (χ2n) is 6.55. The molecule has 0 saturated heterocycles. The van der Waals surface area contributed by atoms with E-state index in [1.165, 1.54) is 40.9 Å². The Kier molecular flexibility index (Phi) is 5.46. The van der Waals surface area contributed by atoms with Crippen molar-refractivity contribution in [2.45, 2.75) is 19.4 Å². The maximum atomic E-state index is 12.0. The van der Waals surface area contributed by atoms with Crippen LogP contribution >= 0.6 is 22.9 Å². The van der Waals surface area contributed by atoms with Crippen molar-refractivity contribution in [3.63, 3.8) is 0 Å². The van der Waals surface area contributed by atoms with Crippen molar-refractivity contribution in [2.75, 3.05) is 6.54 Å². The molecule has 0 aliphatic carbocycles. The van der Waals surface area contributed by atoms with Gasteiger partial charge in [0.15, 0.2) is 5.78 Å². The van der Waals surface area contributed by atoms with Gasteiger partial charge in [0, 0.05) is 29.1 Å². The average Bonchev–Trinajstić information content (AvgIpc) is 3.44. The molecule has 3 heterocycles. The van der Waals surface area contributed by atoms with Gasteiger partial charge in [-0.05, 0) is 36.8 Å². The summed E-state index contributed by atoms with van der Waals surface area (Å²) in [5.41, 5.74) is 1.94. The maximum absolute atomic E-state index is 12.0. The lowest BCUT2D eigenvalue weighted by atomic mass is 10.1. The quantitative estimate of drug-likeness (QED) is 0.480. The van der Waals surface area contributed by atoms with Crippen molar-refractivity contribution in [1.29, 1.82) is 0 Å². The Bertz CT molecular complexity index is 1090. The summed E-state index contributed by atoms with van der Waals surface area (Å²) in [7, 11) is 0. The number of benzene rings is 1. The summed E-state index contributed by atoms with van der Waals surface area (Å²) < 4.78 is 7.36. The molecule has 9 heteroatoms. The van der Waals surface area contributed by atoms with E-state index >= 15 is 0 Å². The Balaban J connectivity index is 1.40. The van der Waals surface area contributed by atoms with Crippen LogP contribution in [-0.4, -0.2) is 39.1 Å². The first-order valence-corrected chi connectivity index (χ1v) is 10.1. The van der Waals surface area contributed by atoms with Gasteiger partial charge in [-0.2, -0.15) is 5.10 Å². The summed E-state index contributed by atoms with van der Waals surface area (Å²) in [6, 6.07) is 7.63. The fourth-order valence-electron chi connectivity index (χ4n) is 3.04. The topological polar surface area (TPSA) is 86.1 Å². The smallest absolute Gasteiger partial charge is 0.245 e. The van der Waals surface area contributed by atoms with Crippen LogP contribution in [0.5, 0.6) is 5.75 Å². The van der Waals surface area contributed by atoms with E-state index in [-0.39, 0.29) is 17.8 Å². The molecule has 4 rings (SSSR count). The van der Waals surface area contributed by atoms with E-state index < -0.39 is 0 Å². The van der Waals surface area contributed by atoms with Crippen LogP contribution in [0.4, 0.5) is 0 Å². The number of Topliss-reactive ketones (excluding diaryl/α,β-unsaturated/α-hetero) is 1. The monoisotopic (exact) mass is 428 g/mol. The predicted molar refractivity (Wildman–Crippen MR) is 111 cm³/mol. The van der Waals surface area contributed by atoms with Gasteiger partial charge in [-0.25, -0.2) is 9.67 Å². The highest BCUT2D eigenvalue weighted by Crippen LogP contribution is 2.41. The van der Waals surface area contributed by atoms with Crippen molar-refractivity contribution in [2.24, 2.45) is 0 Å². The molecule has 1 atom stereocenters. The van der Waals surface area contributed by atoms with Crippen molar-refractivity contribution in [1.82, 2.24) is 20.1 Å². The van der Waals surface area contributed by atoms with Crippen LogP contribution in [0.3, 0.4) is 0 Å². The third-order valence-corrected chi connectivity index (χ3v) is 5.93. The zero-order valence-corrected chi connectivity index (χ0v) is 17.0. The van der Waals surface area contributed by atoms with Gasteiger partial charge in [0.1, 0.15) is 24.5 Å². The number of hydrogen-bond acceptors (Lipinski definition) is 6. The minimum atomic E-state index is -0.248. The van der Waals surface area contributed by atoms with Crippen LogP contribution in [-0.2, 0) is 11.2 Å². The summed E-state index contributed by atoms with van der Waals surface area (Å²) in [5.74, 6) is 0.448. The number of ketones is 1. The molecule has 1 aromatic carbocycles. The van der Waals surface area contributed by atoms with Crippen LogP contribution in [0.1, 0.15) is 22.2 Å². The van der Waals surface area contributed by atoms with Gasteiger partial charge in [-0.3, -0.25) is 9.59 Å². The number of nitrogens with one attached hydrogen (secondary N) is 1. The lowest BCUT2D eigenvalue weighted by molar-refractivity contribution is -0.116. The summed E-state index contributed by atoms with van der Waals surface area (Å²) >= 11 is 7.87. The molecular weight excluding hydrogens is 412 g/mol. The zero-order valence-electron chi connectivity index (χ0n) is 15.5. The third kappa shape index (κ3) is 4.38. The fourth-order valence-corrected chi connectivity index (χ4v) is 4.21. The average molecular weight is 429 g/mol. The number of aromatic nitrogens is 3. The van der Waals surface area contributed by atoms with E-state index in [1.54, 1.807) is 6.92 Å². The largest absolute Gasteiger partial charge is 0.486 e. The Labute approximate surface area is 176 Å². The van der Waals surface area contributed by atoms with E-state index in [0.717, 1.165) is 16.0 Å². The van der Waals surface area contributed by atoms with Crippen molar-refractivity contribution in [3.05, 3.63) is 58.5 Å². The number of carbonyl (C=O) groups is 2. The van der Waals surface area contributed by atoms with Crippen molar-refractivity contribution < 1.29 is 14.3 Å². The van der Waals surface area contributed by atoms with E-state index in [2.05, 4.69) is 15.4 Å². The first-order chi connectivity index (χ1) is 14.0. The molecule has 148 valence electrons. The lowest BCUT2D eigenvalue weighted by Crippen LogP contribution is -2.33. The molecule has 1 N–H and O–H groups in total. The Morgan fingerprint density at radius 2 is 2.28 bits per heavy atom. The molecular formula is C20H17ClN4O3S. The molecule has 3 aromatic rings. The highest BCUT2D eigenvalue weighted by atomic mass is 35.5. The van der Waals surface area contributed by atoms with Gasteiger partial charge in [-0.15, -0.1) is 11.3 Å². The number of hydrogen-bond donors (Lipinski definition) is 1. The zero-order chi connectivity index (χ0) is 20.4. The molecule has 1 amide bonds. The second kappa shape index (κ2) is 8.18. The molecule has 0 spiro atoms. The highest BCUT2D eigenvalue weighted by molar-refractivity contribution is 7.17. The van der Waals surface area contributed by atoms with Crippen LogP contribution in [0.15, 0.2) is 43.0 Å². The number of fused-ring (bicyclic) bond motifs is 1. The Morgan fingerprint density at radius 3 is 3.00 bits per heavy atom. The van der Waals surface area contributed by atoms with E-state index in [9.17, 15) is 9.59 Å². The third-order valence-electron chi connectivity index (χ3n) is 4.41. The molecule has 0 bridgehead atoms. The van der Waals surface area contributed by atoms with Gasteiger partial charge in [-0.1, -0.05) is 11.6 Å².